The maximum Gasteiger partial charge on any atom is 0.286 e. The summed E-state index contributed by atoms with van der Waals surface area (Å²) < 4.78 is 25.8. The van der Waals surface area contributed by atoms with Gasteiger partial charge in [0.1, 0.15) is 5.69 Å². The van der Waals surface area contributed by atoms with E-state index in [0.717, 1.165) is 30.4 Å². The average Bonchev–Trinajstić information content (AvgIpc) is 2.69. The van der Waals surface area contributed by atoms with E-state index in [2.05, 4.69) is 4.98 Å². The normalized spacial score (nSPS) is 21.9. The molecule has 0 radical (unpaired) electrons. The van der Waals surface area contributed by atoms with Crippen LogP contribution in [0.2, 0.25) is 0 Å². The van der Waals surface area contributed by atoms with E-state index >= 15 is 0 Å². The molecule has 0 saturated carbocycles. The summed E-state index contributed by atoms with van der Waals surface area (Å²) in [5.74, 6) is -0.0786. The molecule has 15 heavy (non-hydrogen) atoms. The highest BCUT2D eigenvalue weighted by Crippen LogP contribution is 2.33. The van der Waals surface area contributed by atoms with Gasteiger partial charge in [-0.2, -0.15) is 20.5 Å². The van der Waals surface area contributed by atoms with Gasteiger partial charge in [0.15, 0.2) is 0 Å². The van der Waals surface area contributed by atoms with E-state index in [-0.39, 0.29) is 5.69 Å². The van der Waals surface area contributed by atoms with Crippen LogP contribution in [0.1, 0.15) is 30.5 Å². The number of pyridine rings is 1. The number of hydrogen-bond donors (Lipinski definition) is 0. The topological polar surface area (TPSA) is 12.9 Å². The van der Waals surface area contributed by atoms with Crippen LogP contribution < -0.4 is 0 Å². The Labute approximate surface area is 92.3 Å². The van der Waals surface area contributed by atoms with Gasteiger partial charge >= 0.3 is 0 Å². The Bertz CT molecular complexity index is 325. The first-order valence-corrected chi connectivity index (χ1v) is 6.15. The smallest absolute Gasteiger partial charge is 0.255 e. The molecular formula is C11H13F2NS. The predicted octanol–water partition coefficient (Wildman–Crippen LogP) is 3.41. The summed E-state index contributed by atoms with van der Waals surface area (Å²) in [6.45, 7) is 0.875. The van der Waals surface area contributed by atoms with Gasteiger partial charge < -0.3 is 0 Å². The molecule has 1 nitrogen and oxygen atoms in total. The molecule has 82 valence electrons. The molecule has 0 bridgehead atoms. The van der Waals surface area contributed by atoms with Crippen LogP contribution in [0, 0.1) is 0 Å². The lowest BCUT2D eigenvalue weighted by Crippen LogP contribution is -2.10. The third kappa shape index (κ3) is 2.48. The second-order valence-electron chi connectivity index (χ2n) is 3.93. The second kappa shape index (κ2) is 4.08. The van der Waals surface area contributed by atoms with Crippen LogP contribution in [0.3, 0.4) is 0 Å². The highest BCUT2D eigenvalue weighted by atomic mass is 32.2. The maximum atomic E-state index is 12.9. The van der Waals surface area contributed by atoms with Crippen molar-refractivity contribution in [3.8, 4) is 0 Å². The maximum absolute atomic E-state index is 12.9. The van der Waals surface area contributed by atoms with E-state index in [0.29, 0.717) is 5.92 Å². The molecule has 0 unspecified atom stereocenters. The molecule has 1 atom stereocenters. The lowest BCUT2D eigenvalue weighted by atomic mass is 10.00. The molecule has 1 aromatic rings. The van der Waals surface area contributed by atoms with Crippen LogP contribution in [0.15, 0.2) is 18.3 Å². The SMILES string of the molecule is CC(F)(F)c1ccc([C@H]2CCSC2)cn1. The van der Waals surface area contributed by atoms with Gasteiger partial charge in [-0.25, -0.2) is 0 Å². The van der Waals surface area contributed by atoms with Crippen LogP contribution in [0.5, 0.6) is 0 Å². The molecule has 1 fully saturated rings. The van der Waals surface area contributed by atoms with Gasteiger partial charge in [-0.3, -0.25) is 4.98 Å². The van der Waals surface area contributed by atoms with E-state index in [1.54, 1.807) is 12.3 Å². The number of thioether (sulfide) groups is 1. The van der Waals surface area contributed by atoms with Crippen LogP contribution in [-0.2, 0) is 5.92 Å². The van der Waals surface area contributed by atoms with Crippen LogP contribution in [0.25, 0.3) is 0 Å². The zero-order chi connectivity index (χ0) is 10.9. The molecule has 2 heterocycles. The highest BCUT2D eigenvalue weighted by molar-refractivity contribution is 7.99. The van der Waals surface area contributed by atoms with Crippen molar-refractivity contribution in [3.05, 3.63) is 29.6 Å². The zero-order valence-electron chi connectivity index (χ0n) is 8.54. The molecular weight excluding hydrogens is 216 g/mol. The van der Waals surface area contributed by atoms with Crippen molar-refractivity contribution < 1.29 is 8.78 Å². The molecule has 2 rings (SSSR count). The van der Waals surface area contributed by atoms with Crippen molar-refractivity contribution in [3.63, 3.8) is 0 Å². The third-order valence-electron chi connectivity index (χ3n) is 2.64. The lowest BCUT2D eigenvalue weighted by Gasteiger charge is -2.12. The molecule has 4 heteroatoms. The van der Waals surface area contributed by atoms with Crippen molar-refractivity contribution in [1.82, 2.24) is 4.98 Å². The first kappa shape index (κ1) is 10.9. The van der Waals surface area contributed by atoms with E-state index in [9.17, 15) is 8.78 Å². The Balaban J connectivity index is 2.16. The zero-order valence-corrected chi connectivity index (χ0v) is 9.36. The molecule has 1 aliphatic heterocycles. The summed E-state index contributed by atoms with van der Waals surface area (Å²) in [7, 11) is 0. The molecule has 0 aromatic carbocycles. The number of hydrogen-bond acceptors (Lipinski definition) is 2. The number of rotatable bonds is 2. The minimum absolute atomic E-state index is 0.142. The van der Waals surface area contributed by atoms with Gasteiger partial charge in [-0.15, -0.1) is 0 Å². The fraction of sp³-hybridized carbons (Fsp3) is 0.545. The van der Waals surface area contributed by atoms with E-state index in [1.807, 2.05) is 11.8 Å². The van der Waals surface area contributed by atoms with Gasteiger partial charge in [0.25, 0.3) is 5.92 Å². The molecule has 0 aliphatic carbocycles. The summed E-state index contributed by atoms with van der Waals surface area (Å²) >= 11 is 1.91. The summed E-state index contributed by atoms with van der Waals surface area (Å²) in [5, 5.41) is 0. The predicted molar refractivity (Wildman–Crippen MR) is 58.5 cm³/mol. The van der Waals surface area contributed by atoms with Crippen molar-refractivity contribution >= 4 is 11.8 Å². The average molecular weight is 229 g/mol. The van der Waals surface area contributed by atoms with Gasteiger partial charge in [-0.05, 0) is 29.7 Å². The fourth-order valence-corrected chi connectivity index (χ4v) is 2.97. The quantitative estimate of drug-likeness (QED) is 0.770. The third-order valence-corrected chi connectivity index (χ3v) is 3.80. The fourth-order valence-electron chi connectivity index (χ4n) is 1.70. The Morgan fingerprint density at radius 2 is 2.27 bits per heavy atom. The van der Waals surface area contributed by atoms with Crippen LogP contribution in [-0.4, -0.2) is 16.5 Å². The largest absolute Gasteiger partial charge is 0.286 e. The monoisotopic (exact) mass is 229 g/mol. The molecule has 1 aromatic heterocycles. The van der Waals surface area contributed by atoms with E-state index < -0.39 is 5.92 Å². The molecule has 1 aliphatic rings. The second-order valence-corrected chi connectivity index (χ2v) is 5.08. The Morgan fingerprint density at radius 3 is 2.73 bits per heavy atom. The number of nitrogens with zero attached hydrogens (tertiary/aromatic N) is 1. The molecule has 0 N–H and O–H groups in total. The Hall–Kier alpha value is -0.640. The van der Waals surface area contributed by atoms with Crippen molar-refractivity contribution in [2.75, 3.05) is 11.5 Å². The van der Waals surface area contributed by atoms with Crippen molar-refractivity contribution in [2.24, 2.45) is 0 Å². The number of alkyl halides is 2. The first-order chi connectivity index (χ1) is 7.07. The molecule has 1 saturated heterocycles. The summed E-state index contributed by atoms with van der Waals surface area (Å²) in [6, 6.07) is 3.23. The summed E-state index contributed by atoms with van der Waals surface area (Å²) in [6.07, 6.45) is 2.73. The number of halogens is 2. The van der Waals surface area contributed by atoms with Crippen LogP contribution >= 0.6 is 11.8 Å². The van der Waals surface area contributed by atoms with Gasteiger partial charge in [0, 0.05) is 18.9 Å². The van der Waals surface area contributed by atoms with E-state index in [1.165, 1.54) is 6.07 Å². The minimum atomic E-state index is -2.83. The minimum Gasteiger partial charge on any atom is -0.255 e. The van der Waals surface area contributed by atoms with Gasteiger partial charge in [-0.1, -0.05) is 6.07 Å². The van der Waals surface area contributed by atoms with E-state index in [4.69, 9.17) is 0 Å². The Kier molecular flexibility index (Phi) is 2.96. The molecule has 0 spiro atoms. The van der Waals surface area contributed by atoms with Crippen molar-refractivity contribution in [1.29, 1.82) is 0 Å². The number of aromatic nitrogens is 1. The van der Waals surface area contributed by atoms with Crippen LogP contribution in [0.4, 0.5) is 8.78 Å². The molecule has 0 amide bonds. The summed E-state index contributed by atoms with van der Waals surface area (Å²) in [5.41, 5.74) is 0.949. The van der Waals surface area contributed by atoms with Gasteiger partial charge in [0.2, 0.25) is 0 Å². The highest BCUT2D eigenvalue weighted by Gasteiger charge is 2.26. The lowest BCUT2D eigenvalue weighted by molar-refractivity contribution is 0.0127. The summed E-state index contributed by atoms with van der Waals surface area (Å²) in [4.78, 5) is 3.84. The first-order valence-electron chi connectivity index (χ1n) is 4.99. The standard InChI is InChI=1S/C11H13F2NS/c1-11(12,13)10-3-2-8(6-14-10)9-4-5-15-7-9/h2-3,6,9H,4-5,7H2,1H3/t9-/m0/s1. The van der Waals surface area contributed by atoms with Crippen molar-refractivity contribution in [2.45, 2.75) is 25.2 Å². The van der Waals surface area contributed by atoms with Gasteiger partial charge in [0.05, 0.1) is 0 Å². The Morgan fingerprint density at radius 1 is 1.47 bits per heavy atom.